The number of phenolic OH excluding ortho intramolecular Hbond substituents is 1. The summed E-state index contributed by atoms with van der Waals surface area (Å²) >= 11 is 0. The second kappa shape index (κ2) is 7.03. The molecule has 1 aromatic rings. The van der Waals surface area contributed by atoms with Crippen LogP contribution in [-0.4, -0.2) is 44.0 Å². The van der Waals surface area contributed by atoms with Gasteiger partial charge in [0, 0.05) is 18.7 Å². The largest absolute Gasteiger partial charge is 0.506 e. The Morgan fingerprint density at radius 3 is 2.69 bits per heavy atom. The van der Waals surface area contributed by atoms with Crippen molar-refractivity contribution in [1.29, 1.82) is 0 Å². The molecular formula is C17H24FN3O4S. The third kappa shape index (κ3) is 3.64. The monoisotopic (exact) mass is 385 g/mol. The fraction of sp³-hybridized carbons (Fsp3) is 0.588. The molecule has 1 saturated heterocycles. The molecule has 3 rings (SSSR count). The number of fused-ring (bicyclic) bond motifs is 1. The number of nitrogens with one attached hydrogen (secondary N) is 1. The van der Waals surface area contributed by atoms with E-state index in [1.807, 2.05) is 0 Å². The summed E-state index contributed by atoms with van der Waals surface area (Å²) in [6, 6.07) is 1.41. The SMILES string of the molecule is CC(C)CCCN1CCc2cc(O)c(N3CC(=O)NS3(=O)=O)c(F)c2C1. The number of nitrogens with zero attached hydrogens (tertiary/aromatic N) is 2. The lowest BCUT2D eigenvalue weighted by molar-refractivity contribution is -0.117. The first-order valence-corrected chi connectivity index (χ1v) is 10.2. The summed E-state index contributed by atoms with van der Waals surface area (Å²) in [5.41, 5.74) is 0.619. The zero-order chi connectivity index (χ0) is 19.1. The maximum Gasteiger partial charge on any atom is 0.326 e. The first-order chi connectivity index (χ1) is 12.2. The van der Waals surface area contributed by atoms with Crippen molar-refractivity contribution < 1.29 is 22.7 Å². The lowest BCUT2D eigenvalue weighted by Crippen LogP contribution is -2.34. The molecule has 1 aromatic carbocycles. The van der Waals surface area contributed by atoms with Gasteiger partial charge in [0.1, 0.15) is 18.0 Å². The van der Waals surface area contributed by atoms with Crippen LogP contribution in [0.5, 0.6) is 5.75 Å². The van der Waals surface area contributed by atoms with Gasteiger partial charge in [-0.25, -0.2) is 13.4 Å². The molecule has 0 bridgehead atoms. The standard InChI is InChI=1S/C17H24FN3O4S/c1-11(2)4-3-6-20-7-5-12-8-14(22)17(16(18)13(12)9-20)21-10-15(23)19-26(21,24)25/h8,11,22H,3-7,9-10H2,1-2H3,(H,19,23). The molecule has 1 fully saturated rings. The average Bonchev–Trinajstić information content (AvgIpc) is 2.80. The van der Waals surface area contributed by atoms with Crippen molar-refractivity contribution in [3.05, 3.63) is 23.0 Å². The van der Waals surface area contributed by atoms with Crippen LogP contribution in [-0.2, 0) is 28.0 Å². The van der Waals surface area contributed by atoms with Crippen LogP contribution in [0.15, 0.2) is 6.07 Å². The van der Waals surface area contributed by atoms with E-state index >= 15 is 4.39 Å². The van der Waals surface area contributed by atoms with Gasteiger partial charge in [-0.15, -0.1) is 0 Å². The van der Waals surface area contributed by atoms with Gasteiger partial charge in [-0.2, -0.15) is 8.42 Å². The van der Waals surface area contributed by atoms with E-state index in [-0.39, 0.29) is 0 Å². The van der Waals surface area contributed by atoms with Crippen LogP contribution in [0.2, 0.25) is 0 Å². The van der Waals surface area contributed by atoms with Crippen molar-refractivity contribution in [3.8, 4) is 5.75 Å². The molecule has 2 aliphatic rings. The van der Waals surface area contributed by atoms with Crippen LogP contribution in [0.1, 0.15) is 37.8 Å². The lowest BCUT2D eigenvalue weighted by atomic mass is 9.97. The predicted molar refractivity (Wildman–Crippen MR) is 95.5 cm³/mol. The normalized spacial score (nSPS) is 19.7. The Labute approximate surface area is 153 Å². The van der Waals surface area contributed by atoms with Gasteiger partial charge in [0.2, 0.25) is 0 Å². The minimum Gasteiger partial charge on any atom is -0.506 e. The zero-order valence-corrected chi connectivity index (χ0v) is 15.8. The smallest absolute Gasteiger partial charge is 0.326 e. The highest BCUT2D eigenvalue weighted by Gasteiger charge is 2.38. The molecule has 2 heterocycles. The topological polar surface area (TPSA) is 89.9 Å². The van der Waals surface area contributed by atoms with E-state index in [4.69, 9.17) is 0 Å². The van der Waals surface area contributed by atoms with Crippen molar-refractivity contribution in [2.75, 3.05) is 23.9 Å². The Kier molecular flexibility index (Phi) is 5.12. The van der Waals surface area contributed by atoms with Crippen molar-refractivity contribution in [2.45, 2.75) is 39.7 Å². The number of phenols is 1. The number of amides is 1. The highest BCUT2D eigenvalue weighted by molar-refractivity contribution is 7.92. The summed E-state index contributed by atoms with van der Waals surface area (Å²) in [5.74, 6) is -1.38. The van der Waals surface area contributed by atoms with Gasteiger partial charge in [-0.05, 0) is 43.4 Å². The Bertz CT molecular complexity index is 826. The van der Waals surface area contributed by atoms with Gasteiger partial charge >= 0.3 is 10.2 Å². The van der Waals surface area contributed by atoms with E-state index in [0.29, 0.717) is 34.3 Å². The Balaban J connectivity index is 1.88. The number of carbonyl (C=O) groups is 1. The molecule has 1 amide bonds. The van der Waals surface area contributed by atoms with E-state index < -0.39 is 39.9 Å². The van der Waals surface area contributed by atoms with Crippen LogP contribution >= 0.6 is 0 Å². The zero-order valence-electron chi connectivity index (χ0n) is 15.0. The molecule has 0 aromatic heterocycles. The number of rotatable bonds is 5. The van der Waals surface area contributed by atoms with Crippen LogP contribution in [0, 0.1) is 11.7 Å². The summed E-state index contributed by atoms with van der Waals surface area (Å²) in [7, 11) is -4.18. The number of hydrogen-bond acceptors (Lipinski definition) is 5. The quantitative estimate of drug-likeness (QED) is 0.802. The Hall–Kier alpha value is -1.87. The molecule has 0 atom stereocenters. The van der Waals surface area contributed by atoms with Crippen molar-refractivity contribution in [2.24, 2.45) is 5.92 Å². The van der Waals surface area contributed by atoms with Gasteiger partial charge in [-0.1, -0.05) is 13.8 Å². The van der Waals surface area contributed by atoms with Crippen LogP contribution in [0.3, 0.4) is 0 Å². The van der Waals surface area contributed by atoms with Gasteiger partial charge in [0.25, 0.3) is 5.91 Å². The van der Waals surface area contributed by atoms with Crippen LogP contribution in [0.25, 0.3) is 0 Å². The molecular weight excluding hydrogens is 361 g/mol. The fourth-order valence-corrected chi connectivity index (χ4v) is 4.65. The molecule has 0 aliphatic carbocycles. The van der Waals surface area contributed by atoms with E-state index in [0.717, 1.165) is 25.9 Å². The van der Waals surface area contributed by atoms with E-state index in [2.05, 4.69) is 18.7 Å². The molecule has 9 heteroatoms. The maximum atomic E-state index is 15.1. The van der Waals surface area contributed by atoms with Crippen LogP contribution in [0.4, 0.5) is 10.1 Å². The molecule has 0 saturated carbocycles. The highest BCUT2D eigenvalue weighted by atomic mass is 32.2. The summed E-state index contributed by atoms with van der Waals surface area (Å²) in [5, 5.41) is 10.2. The summed E-state index contributed by atoms with van der Waals surface area (Å²) < 4.78 is 41.6. The summed E-state index contributed by atoms with van der Waals surface area (Å²) in [6.45, 7) is 5.75. The van der Waals surface area contributed by atoms with Crippen molar-refractivity contribution >= 4 is 21.8 Å². The number of carbonyl (C=O) groups excluding carboxylic acids is 1. The summed E-state index contributed by atoms with van der Waals surface area (Å²) in [6.07, 6.45) is 2.69. The molecule has 2 aliphatic heterocycles. The van der Waals surface area contributed by atoms with Crippen molar-refractivity contribution in [3.63, 3.8) is 0 Å². The molecule has 144 valence electrons. The first-order valence-electron chi connectivity index (χ1n) is 8.78. The van der Waals surface area contributed by atoms with E-state index in [1.54, 1.807) is 4.72 Å². The predicted octanol–water partition coefficient (Wildman–Crippen LogP) is 1.51. The van der Waals surface area contributed by atoms with E-state index in [9.17, 15) is 18.3 Å². The molecule has 0 unspecified atom stereocenters. The third-order valence-electron chi connectivity index (χ3n) is 4.82. The summed E-state index contributed by atoms with van der Waals surface area (Å²) in [4.78, 5) is 13.6. The lowest BCUT2D eigenvalue weighted by Gasteiger charge is -2.30. The fourth-order valence-electron chi connectivity index (χ4n) is 3.49. The minimum absolute atomic E-state index is 0.363. The number of hydrogen-bond donors (Lipinski definition) is 2. The number of halogens is 1. The first kappa shape index (κ1) is 18.9. The van der Waals surface area contributed by atoms with Gasteiger partial charge in [-0.3, -0.25) is 9.69 Å². The minimum atomic E-state index is -4.18. The van der Waals surface area contributed by atoms with Gasteiger partial charge in [0.15, 0.2) is 5.82 Å². The second-order valence-corrected chi connectivity index (χ2v) is 8.89. The number of anilines is 1. The molecule has 7 nitrogen and oxygen atoms in total. The molecule has 0 radical (unpaired) electrons. The molecule has 2 N–H and O–H groups in total. The average molecular weight is 385 g/mol. The third-order valence-corrected chi connectivity index (χ3v) is 6.20. The number of benzene rings is 1. The molecule has 0 spiro atoms. The van der Waals surface area contributed by atoms with E-state index in [1.165, 1.54) is 6.07 Å². The Morgan fingerprint density at radius 2 is 2.08 bits per heavy atom. The maximum absolute atomic E-state index is 15.1. The second-order valence-electron chi connectivity index (χ2n) is 7.30. The van der Waals surface area contributed by atoms with Gasteiger partial charge in [0.05, 0.1) is 0 Å². The van der Waals surface area contributed by atoms with Crippen LogP contribution < -0.4 is 9.03 Å². The number of aromatic hydroxyl groups is 1. The van der Waals surface area contributed by atoms with Crippen molar-refractivity contribution in [1.82, 2.24) is 9.62 Å². The highest BCUT2D eigenvalue weighted by Crippen LogP contribution is 2.39. The molecule has 26 heavy (non-hydrogen) atoms. The van der Waals surface area contributed by atoms with Gasteiger partial charge < -0.3 is 5.11 Å². The Morgan fingerprint density at radius 1 is 1.35 bits per heavy atom.